The Morgan fingerprint density at radius 2 is 2.07 bits per heavy atom. The van der Waals surface area contributed by atoms with Gasteiger partial charge in [-0.25, -0.2) is 0 Å². The quantitative estimate of drug-likeness (QED) is 0.556. The molecule has 2 N–H and O–H groups in total. The molecule has 5 heteroatoms. The van der Waals surface area contributed by atoms with Crippen molar-refractivity contribution < 1.29 is 9.53 Å². The molecule has 2 aromatic heterocycles. The normalized spacial score (nSPS) is 16.3. The third kappa shape index (κ3) is 2.58. The van der Waals surface area contributed by atoms with E-state index in [-0.39, 0.29) is 11.9 Å². The first kappa shape index (κ1) is 16.9. The molecule has 4 aromatic rings. The van der Waals surface area contributed by atoms with E-state index < -0.39 is 0 Å². The van der Waals surface area contributed by atoms with Gasteiger partial charge in [-0.3, -0.25) is 4.79 Å². The second-order valence-corrected chi connectivity index (χ2v) is 7.52. The van der Waals surface area contributed by atoms with E-state index in [1.165, 1.54) is 10.9 Å². The van der Waals surface area contributed by atoms with E-state index in [0.29, 0.717) is 5.56 Å². The molecule has 0 aliphatic heterocycles. The zero-order valence-electron chi connectivity index (χ0n) is 16.1. The number of aryl methyl sites for hydroxylation is 2. The van der Waals surface area contributed by atoms with Gasteiger partial charge in [-0.15, -0.1) is 0 Å². The number of methoxy groups -OCH3 is 1. The highest BCUT2D eigenvalue weighted by atomic mass is 16.5. The molecule has 2 aromatic carbocycles. The number of nitrogens with zero attached hydrogens (tertiary/aromatic N) is 1. The minimum atomic E-state index is -0.0460. The fourth-order valence-corrected chi connectivity index (χ4v) is 4.47. The number of aromatic nitrogens is 2. The molecule has 0 fully saturated rings. The number of aromatic amines is 1. The maximum absolute atomic E-state index is 13.2. The van der Waals surface area contributed by atoms with Crippen LogP contribution in [0.2, 0.25) is 0 Å². The summed E-state index contributed by atoms with van der Waals surface area (Å²) in [5.41, 5.74) is 5.33. The Bertz CT molecular complexity index is 1200. The number of hydrogen-bond donors (Lipinski definition) is 2. The van der Waals surface area contributed by atoms with Gasteiger partial charge < -0.3 is 19.6 Å². The van der Waals surface area contributed by atoms with Crippen LogP contribution in [0.4, 0.5) is 0 Å². The van der Waals surface area contributed by atoms with E-state index in [1.54, 1.807) is 7.11 Å². The standard InChI is InChI=1S/C23H23N3O2/c1-26-13-18(17-12-14(28-2)10-11-21(17)26)23(27)25-20-9-5-7-16-15-6-3-4-8-19(15)24-22(16)20/h3-4,6,8,10-13,20,24H,5,7,9H2,1-2H3,(H,25,27)/t20-/m1/s1. The number of nitrogens with one attached hydrogen (secondary N) is 2. The molecule has 1 amide bonds. The van der Waals surface area contributed by atoms with E-state index in [9.17, 15) is 4.79 Å². The molecule has 0 saturated heterocycles. The molecule has 2 heterocycles. The maximum Gasteiger partial charge on any atom is 0.253 e. The predicted molar refractivity (Wildman–Crippen MR) is 111 cm³/mol. The van der Waals surface area contributed by atoms with Crippen LogP contribution in [0.1, 0.15) is 40.5 Å². The number of para-hydroxylation sites is 1. The Hall–Kier alpha value is -3.21. The minimum Gasteiger partial charge on any atom is -0.497 e. The number of carbonyl (C=O) groups excluding carboxylic acids is 1. The Labute approximate surface area is 163 Å². The first-order valence-electron chi connectivity index (χ1n) is 9.69. The van der Waals surface area contributed by atoms with E-state index in [1.807, 2.05) is 42.1 Å². The molecule has 0 radical (unpaired) electrons. The van der Waals surface area contributed by atoms with Crippen LogP contribution in [0.3, 0.4) is 0 Å². The summed E-state index contributed by atoms with van der Waals surface area (Å²) in [6.07, 6.45) is 4.97. The molecule has 5 rings (SSSR count). The zero-order valence-corrected chi connectivity index (χ0v) is 16.1. The summed E-state index contributed by atoms with van der Waals surface area (Å²) in [5.74, 6) is 0.707. The van der Waals surface area contributed by atoms with Crippen molar-refractivity contribution >= 4 is 27.7 Å². The molecule has 1 aliphatic carbocycles. The van der Waals surface area contributed by atoms with Crippen LogP contribution < -0.4 is 10.1 Å². The Kier molecular flexibility index (Phi) is 3.90. The summed E-state index contributed by atoms with van der Waals surface area (Å²) in [5, 5.41) is 5.45. The number of benzene rings is 2. The van der Waals surface area contributed by atoms with E-state index >= 15 is 0 Å². The summed E-state index contributed by atoms with van der Waals surface area (Å²) >= 11 is 0. The van der Waals surface area contributed by atoms with Gasteiger partial charge in [0.1, 0.15) is 5.75 Å². The van der Waals surface area contributed by atoms with Crippen molar-refractivity contribution in [2.45, 2.75) is 25.3 Å². The predicted octanol–water partition coefficient (Wildman–Crippen LogP) is 4.48. The van der Waals surface area contributed by atoms with Crippen molar-refractivity contribution in [3.8, 4) is 5.75 Å². The van der Waals surface area contributed by atoms with Gasteiger partial charge in [0.15, 0.2) is 0 Å². The number of rotatable bonds is 3. The van der Waals surface area contributed by atoms with Gasteiger partial charge in [0.2, 0.25) is 0 Å². The molecular formula is C23H23N3O2. The molecule has 0 saturated carbocycles. The lowest BCUT2D eigenvalue weighted by Crippen LogP contribution is -2.31. The molecule has 0 spiro atoms. The number of hydrogen-bond acceptors (Lipinski definition) is 2. The molecule has 0 unspecified atom stereocenters. The SMILES string of the molecule is COc1ccc2c(c1)c(C(=O)N[C@@H]1CCCc3c1[nH]c1ccccc31)cn2C. The highest BCUT2D eigenvalue weighted by molar-refractivity contribution is 6.07. The number of ether oxygens (including phenoxy) is 1. The summed E-state index contributed by atoms with van der Waals surface area (Å²) in [4.78, 5) is 16.7. The highest BCUT2D eigenvalue weighted by Gasteiger charge is 2.26. The average molecular weight is 373 g/mol. The lowest BCUT2D eigenvalue weighted by atomic mass is 9.91. The van der Waals surface area contributed by atoms with Crippen LogP contribution in [0.15, 0.2) is 48.7 Å². The zero-order chi connectivity index (χ0) is 19.3. The number of amides is 1. The number of carbonyl (C=O) groups is 1. The van der Waals surface area contributed by atoms with E-state index in [4.69, 9.17) is 4.74 Å². The van der Waals surface area contributed by atoms with Crippen molar-refractivity contribution in [2.75, 3.05) is 7.11 Å². The van der Waals surface area contributed by atoms with Crippen LogP contribution >= 0.6 is 0 Å². The average Bonchev–Trinajstić information content (AvgIpc) is 3.26. The van der Waals surface area contributed by atoms with Gasteiger partial charge >= 0.3 is 0 Å². The van der Waals surface area contributed by atoms with Crippen molar-refractivity contribution in [1.82, 2.24) is 14.9 Å². The Balaban J connectivity index is 1.51. The topological polar surface area (TPSA) is 59.0 Å². The van der Waals surface area contributed by atoms with E-state index in [2.05, 4.69) is 28.5 Å². The molecule has 28 heavy (non-hydrogen) atoms. The van der Waals surface area contributed by atoms with Gasteiger partial charge in [0.05, 0.1) is 18.7 Å². The first-order chi connectivity index (χ1) is 13.7. The van der Waals surface area contributed by atoms with Gasteiger partial charge in [-0.1, -0.05) is 18.2 Å². The van der Waals surface area contributed by atoms with Crippen molar-refractivity contribution in [2.24, 2.45) is 7.05 Å². The number of H-pyrrole nitrogens is 1. The lowest BCUT2D eigenvalue weighted by molar-refractivity contribution is 0.0933. The highest BCUT2D eigenvalue weighted by Crippen LogP contribution is 2.35. The third-order valence-corrected chi connectivity index (χ3v) is 5.86. The van der Waals surface area contributed by atoms with Gasteiger partial charge in [-0.05, 0) is 49.1 Å². The van der Waals surface area contributed by atoms with Crippen LogP contribution in [0, 0.1) is 0 Å². The largest absolute Gasteiger partial charge is 0.497 e. The summed E-state index contributed by atoms with van der Waals surface area (Å²) in [6, 6.07) is 14.2. The Morgan fingerprint density at radius 1 is 1.21 bits per heavy atom. The maximum atomic E-state index is 13.2. The van der Waals surface area contributed by atoms with Gasteiger partial charge in [0, 0.05) is 40.7 Å². The summed E-state index contributed by atoms with van der Waals surface area (Å²) in [7, 11) is 3.60. The van der Waals surface area contributed by atoms with Crippen LogP contribution in [0.25, 0.3) is 21.8 Å². The molecule has 0 bridgehead atoms. The summed E-state index contributed by atoms with van der Waals surface area (Å²) < 4.78 is 7.34. The van der Waals surface area contributed by atoms with Crippen LogP contribution in [-0.4, -0.2) is 22.6 Å². The second kappa shape index (κ2) is 6.44. The van der Waals surface area contributed by atoms with Crippen molar-refractivity contribution in [1.29, 1.82) is 0 Å². The smallest absolute Gasteiger partial charge is 0.253 e. The fraction of sp³-hybridized carbons (Fsp3) is 0.261. The monoisotopic (exact) mass is 373 g/mol. The van der Waals surface area contributed by atoms with Gasteiger partial charge in [0.25, 0.3) is 5.91 Å². The molecular weight excluding hydrogens is 350 g/mol. The summed E-state index contributed by atoms with van der Waals surface area (Å²) in [6.45, 7) is 0. The van der Waals surface area contributed by atoms with Gasteiger partial charge in [-0.2, -0.15) is 0 Å². The molecule has 1 atom stereocenters. The van der Waals surface area contributed by atoms with Crippen molar-refractivity contribution in [3.05, 3.63) is 65.5 Å². The molecule has 142 valence electrons. The first-order valence-corrected chi connectivity index (χ1v) is 9.69. The third-order valence-electron chi connectivity index (χ3n) is 5.86. The Morgan fingerprint density at radius 3 is 2.93 bits per heavy atom. The van der Waals surface area contributed by atoms with Crippen LogP contribution in [-0.2, 0) is 13.5 Å². The van der Waals surface area contributed by atoms with Crippen molar-refractivity contribution in [3.63, 3.8) is 0 Å². The second-order valence-electron chi connectivity index (χ2n) is 7.52. The minimum absolute atomic E-state index is 0.00418. The van der Waals surface area contributed by atoms with E-state index in [0.717, 1.165) is 47.1 Å². The van der Waals surface area contributed by atoms with Crippen LogP contribution in [0.5, 0.6) is 5.75 Å². The number of fused-ring (bicyclic) bond motifs is 4. The molecule has 1 aliphatic rings. The lowest BCUT2D eigenvalue weighted by Gasteiger charge is -2.23. The molecule has 5 nitrogen and oxygen atoms in total. The fourth-order valence-electron chi connectivity index (χ4n) is 4.47.